The minimum absolute atomic E-state index is 0.398. The van der Waals surface area contributed by atoms with Crippen LogP contribution in [0, 0.1) is 0 Å². The van der Waals surface area contributed by atoms with Crippen molar-refractivity contribution in [2.75, 3.05) is 39.4 Å². The van der Waals surface area contributed by atoms with Gasteiger partial charge in [0.1, 0.15) is 11.5 Å². The first-order valence-electron chi connectivity index (χ1n) is 9.40. The third kappa shape index (κ3) is 3.73. The lowest BCUT2D eigenvalue weighted by Gasteiger charge is -2.31. The van der Waals surface area contributed by atoms with Gasteiger partial charge in [0, 0.05) is 51.2 Å². The summed E-state index contributed by atoms with van der Waals surface area (Å²) < 4.78 is 18.0. The molecule has 0 atom stereocenters. The van der Waals surface area contributed by atoms with Gasteiger partial charge in [0.05, 0.1) is 14.2 Å². The molecule has 148 valence electrons. The number of anilines is 1. The molecule has 1 fully saturated rings. The molecule has 0 radical (unpaired) electrons. The van der Waals surface area contributed by atoms with Gasteiger partial charge < -0.3 is 19.1 Å². The fourth-order valence-electron chi connectivity index (χ4n) is 3.57. The van der Waals surface area contributed by atoms with E-state index in [9.17, 15) is 0 Å². The van der Waals surface area contributed by atoms with E-state index in [1.54, 1.807) is 24.9 Å². The maximum atomic E-state index is 5.48. The van der Waals surface area contributed by atoms with Gasteiger partial charge in [-0.2, -0.15) is 5.10 Å². The molecular weight excluding hydrogens is 358 g/mol. The highest BCUT2D eigenvalue weighted by molar-refractivity contribution is 5.63. The molecule has 2 aromatic heterocycles. The Morgan fingerprint density at radius 3 is 2.54 bits per heavy atom. The minimum atomic E-state index is 0.398. The van der Waals surface area contributed by atoms with E-state index < -0.39 is 0 Å². The average molecular weight is 383 g/mol. The first-order valence-corrected chi connectivity index (χ1v) is 9.40. The van der Waals surface area contributed by atoms with Crippen molar-refractivity contribution in [3.05, 3.63) is 42.0 Å². The van der Waals surface area contributed by atoms with E-state index in [0.717, 1.165) is 60.4 Å². The van der Waals surface area contributed by atoms with Crippen molar-refractivity contribution in [1.29, 1.82) is 0 Å². The van der Waals surface area contributed by atoms with E-state index in [4.69, 9.17) is 19.2 Å². The number of methoxy groups -OCH3 is 2. The molecule has 0 spiro atoms. The van der Waals surface area contributed by atoms with E-state index in [1.165, 1.54) is 0 Å². The molecule has 1 aliphatic rings. The minimum Gasteiger partial charge on any atom is -0.497 e. The zero-order chi connectivity index (χ0) is 19.5. The van der Waals surface area contributed by atoms with Crippen LogP contribution in [0.5, 0.6) is 11.5 Å². The van der Waals surface area contributed by atoms with Gasteiger partial charge in [-0.3, -0.25) is 0 Å². The number of fused-ring (bicyclic) bond motifs is 1. The van der Waals surface area contributed by atoms with Gasteiger partial charge in [-0.15, -0.1) is 0 Å². The van der Waals surface area contributed by atoms with Crippen LogP contribution in [0.25, 0.3) is 5.65 Å². The second kappa shape index (κ2) is 8.02. The standard InChI is InChI=1S/C20H25N5O3/c1-24(15-4-8-28-9-5-15)19-20-22-18(23-25(20)7-6-21-19)12-14-10-16(26-2)13-17(11-14)27-3/h6-7,10-11,13,15H,4-5,8-9,12H2,1-3H3. The summed E-state index contributed by atoms with van der Waals surface area (Å²) in [6.45, 7) is 1.57. The maximum Gasteiger partial charge on any atom is 0.198 e. The monoisotopic (exact) mass is 383 g/mol. The van der Waals surface area contributed by atoms with Crippen LogP contribution in [0.15, 0.2) is 30.6 Å². The lowest BCUT2D eigenvalue weighted by Crippen LogP contribution is -2.37. The first kappa shape index (κ1) is 18.5. The molecule has 0 N–H and O–H groups in total. The van der Waals surface area contributed by atoms with Gasteiger partial charge in [0.15, 0.2) is 17.3 Å². The predicted molar refractivity (Wildman–Crippen MR) is 105 cm³/mol. The van der Waals surface area contributed by atoms with Gasteiger partial charge in [-0.25, -0.2) is 14.5 Å². The molecule has 8 heteroatoms. The third-order valence-corrected chi connectivity index (χ3v) is 5.13. The van der Waals surface area contributed by atoms with E-state index in [-0.39, 0.29) is 0 Å². The van der Waals surface area contributed by atoms with Crippen molar-refractivity contribution in [3.8, 4) is 11.5 Å². The molecular formula is C20H25N5O3. The Balaban J connectivity index is 1.63. The quantitative estimate of drug-likeness (QED) is 0.647. The highest BCUT2D eigenvalue weighted by Gasteiger charge is 2.22. The summed E-state index contributed by atoms with van der Waals surface area (Å²) in [4.78, 5) is 11.5. The summed E-state index contributed by atoms with van der Waals surface area (Å²) in [5.74, 6) is 3.07. The maximum absolute atomic E-state index is 5.48. The van der Waals surface area contributed by atoms with Gasteiger partial charge in [-0.1, -0.05) is 0 Å². The van der Waals surface area contributed by atoms with Crippen LogP contribution in [0.2, 0.25) is 0 Å². The predicted octanol–water partition coefficient (Wildman–Crippen LogP) is 2.35. The molecule has 4 rings (SSSR count). The van der Waals surface area contributed by atoms with Crippen LogP contribution in [0.3, 0.4) is 0 Å². The second-order valence-electron chi connectivity index (χ2n) is 6.90. The number of nitrogens with zero attached hydrogens (tertiary/aromatic N) is 5. The van der Waals surface area contributed by atoms with Crippen molar-refractivity contribution in [1.82, 2.24) is 19.6 Å². The SMILES string of the molecule is COc1cc(Cc2nc3c(N(C)C4CCOCC4)nccn3n2)cc(OC)c1. The zero-order valence-corrected chi connectivity index (χ0v) is 16.5. The summed E-state index contributed by atoms with van der Waals surface area (Å²) in [5, 5.41) is 4.64. The average Bonchev–Trinajstić information content (AvgIpc) is 3.15. The molecule has 0 saturated carbocycles. The van der Waals surface area contributed by atoms with Gasteiger partial charge in [0.2, 0.25) is 0 Å². The summed E-state index contributed by atoms with van der Waals surface area (Å²) in [7, 11) is 5.36. The number of benzene rings is 1. The fourth-order valence-corrected chi connectivity index (χ4v) is 3.57. The molecule has 28 heavy (non-hydrogen) atoms. The van der Waals surface area contributed by atoms with Crippen molar-refractivity contribution >= 4 is 11.5 Å². The highest BCUT2D eigenvalue weighted by Crippen LogP contribution is 2.25. The number of ether oxygens (including phenoxy) is 3. The molecule has 0 bridgehead atoms. The number of rotatable bonds is 6. The Kier molecular flexibility index (Phi) is 5.29. The topological polar surface area (TPSA) is 74.0 Å². The highest BCUT2D eigenvalue weighted by atomic mass is 16.5. The zero-order valence-electron chi connectivity index (χ0n) is 16.5. The van der Waals surface area contributed by atoms with E-state index in [1.807, 2.05) is 24.4 Å². The van der Waals surface area contributed by atoms with Crippen LogP contribution in [0.1, 0.15) is 24.2 Å². The Morgan fingerprint density at radius 1 is 1.14 bits per heavy atom. The summed E-state index contributed by atoms with van der Waals surface area (Å²) >= 11 is 0. The molecule has 3 heterocycles. The summed E-state index contributed by atoms with van der Waals surface area (Å²) in [5.41, 5.74) is 1.79. The van der Waals surface area contributed by atoms with Gasteiger partial charge in [-0.05, 0) is 30.5 Å². The van der Waals surface area contributed by atoms with Crippen LogP contribution in [0.4, 0.5) is 5.82 Å². The molecule has 0 unspecified atom stereocenters. The van der Waals surface area contributed by atoms with Gasteiger partial charge >= 0.3 is 0 Å². The Labute approximate surface area is 164 Å². The number of hydrogen-bond acceptors (Lipinski definition) is 7. The number of aromatic nitrogens is 4. The molecule has 0 aliphatic carbocycles. The van der Waals surface area contributed by atoms with E-state index in [2.05, 4.69) is 22.0 Å². The molecule has 0 amide bonds. The van der Waals surface area contributed by atoms with Crippen molar-refractivity contribution < 1.29 is 14.2 Å². The summed E-state index contributed by atoms with van der Waals surface area (Å²) in [6.07, 6.45) is 6.16. The van der Waals surface area contributed by atoms with Crippen LogP contribution < -0.4 is 14.4 Å². The molecule has 8 nitrogen and oxygen atoms in total. The second-order valence-corrected chi connectivity index (χ2v) is 6.90. The van der Waals surface area contributed by atoms with Crippen LogP contribution in [-0.2, 0) is 11.2 Å². The van der Waals surface area contributed by atoms with Crippen LogP contribution >= 0.6 is 0 Å². The normalized spacial score (nSPS) is 15.0. The lowest BCUT2D eigenvalue weighted by molar-refractivity contribution is 0.0854. The molecule has 1 aliphatic heterocycles. The first-order chi connectivity index (χ1) is 13.7. The Morgan fingerprint density at radius 2 is 1.86 bits per heavy atom. The molecule has 1 saturated heterocycles. The fraction of sp³-hybridized carbons (Fsp3) is 0.450. The lowest BCUT2D eigenvalue weighted by atomic mass is 10.1. The smallest absolute Gasteiger partial charge is 0.198 e. The number of hydrogen-bond donors (Lipinski definition) is 0. The molecule has 1 aromatic carbocycles. The van der Waals surface area contributed by atoms with E-state index >= 15 is 0 Å². The van der Waals surface area contributed by atoms with Crippen LogP contribution in [-0.4, -0.2) is 60.1 Å². The molecule has 3 aromatic rings. The van der Waals surface area contributed by atoms with E-state index in [0.29, 0.717) is 12.5 Å². The largest absolute Gasteiger partial charge is 0.497 e. The Hall–Kier alpha value is -2.87. The van der Waals surface area contributed by atoms with Crippen molar-refractivity contribution in [2.24, 2.45) is 0 Å². The van der Waals surface area contributed by atoms with Crippen molar-refractivity contribution in [2.45, 2.75) is 25.3 Å². The van der Waals surface area contributed by atoms with Gasteiger partial charge in [0.25, 0.3) is 0 Å². The van der Waals surface area contributed by atoms with Crippen molar-refractivity contribution in [3.63, 3.8) is 0 Å². The Bertz CT molecular complexity index is 930. The summed E-state index contributed by atoms with van der Waals surface area (Å²) in [6, 6.07) is 6.20. The third-order valence-electron chi connectivity index (χ3n) is 5.13.